The number of benzene rings is 2. The molecule has 0 bridgehead atoms. The molecule has 0 spiro atoms. The molecule has 2 aromatic carbocycles. The van der Waals surface area contributed by atoms with Crippen LogP contribution in [-0.4, -0.2) is 24.5 Å². The van der Waals surface area contributed by atoms with Crippen LogP contribution in [0.15, 0.2) is 60.7 Å². The van der Waals surface area contributed by atoms with Crippen LogP contribution in [0.3, 0.4) is 0 Å². The number of hydrogen-bond donors (Lipinski definition) is 0. The lowest BCUT2D eigenvalue weighted by molar-refractivity contribution is 0.187. The molecule has 22 heavy (non-hydrogen) atoms. The normalized spacial score (nSPS) is 22.6. The van der Waals surface area contributed by atoms with Crippen molar-refractivity contribution in [2.75, 3.05) is 19.6 Å². The van der Waals surface area contributed by atoms with E-state index < -0.39 is 0 Å². The molecule has 1 nitrogen and oxygen atoms in total. The number of likely N-dealkylation sites (tertiary alicyclic amines) is 1. The molecule has 0 radical (unpaired) electrons. The molecular weight excluding hydrogens is 266 g/mol. The zero-order chi connectivity index (χ0) is 15.2. The van der Waals surface area contributed by atoms with Crippen LogP contribution in [0.1, 0.15) is 49.1 Å². The molecule has 0 N–H and O–H groups in total. The third kappa shape index (κ3) is 3.59. The van der Waals surface area contributed by atoms with Gasteiger partial charge in [0, 0.05) is 12.5 Å². The molecule has 1 heteroatoms. The van der Waals surface area contributed by atoms with Crippen LogP contribution < -0.4 is 0 Å². The second kappa shape index (κ2) is 7.60. The minimum Gasteiger partial charge on any atom is -0.303 e. The first-order valence-corrected chi connectivity index (χ1v) is 8.70. The molecule has 116 valence electrons. The van der Waals surface area contributed by atoms with Gasteiger partial charge < -0.3 is 4.90 Å². The highest BCUT2D eigenvalue weighted by Crippen LogP contribution is 2.39. The van der Waals surface area contributed by atoms with E-state index in [4.69, 9.17) is 0 Å². The monoisotopic (exact) mass is 293 g/mol. The van der Waals surface area contributed by atoms with Crippen LogP contribution in [0.4, 0.5) is 0 Å². The second-order valence-electron chi connectivity index (χ2n) is 6.48. The Morgan fingerprint density at radius 3 is 2.05 bits per heavy atom. The Hall–Kier alpha value is -1.60. The van der Waals surface area contributed by atoms with Crippen LogP contribution in [0.5, 0.6) is 0 Å². The summed E-state index contributed by atoms with van der Waals surface area (Å²) >= 11 is 0. The van der Waals surface area contributed by atoms with Gasteiger partial charge in [0.05, 0.1) is 0 Å². The smallest absolute Gasteiger partial charge is 0.00562 e. The lowest BCUT2D eigenvalue weighted by atomic mass is 9.77. The average Bonchev–Trinajstić information content (AvgIpc) is 2.61. The van der Waals surface area contributed by atoms with Crippen molar-refractivity contribution >= 4 is 0 Å². The van der Waals surface area contributed by atoms with Crippen molar-refractivity contribution in [2.45, 2.75) is 38.0 Å². The lowest BCUT2D eigenvalue weighted by Gasteiger charge is -2.39. The molecule has 2 aromatic rings. The molecule has 0 amide bonds. The Kier molecular flexibility index (Phi) is 5.29. The molecule has 1 heterocycles. The van der Waals surface area contributed by atoms with Crippen LogP contribution in [0.2, 0.25) is 0 Å². The third-order valence-corrected chi connectivity index (χ3v) is 4.98. The van der Waals surface area contributed by atoms with E-state index in [-0.39, 0.29) is 0 Å². The topological polar surface area (TPSA) is 3.24 Å². The van der Waals surface area contributed by atoms with E-state index in [9.17, 15) is 0 Å². The molecule has 0 aromatic heterocycles. The zero-order valence-corrected chi connectivity index (χ0v) is 13.6. The molecule has 1 saturated heterocycles. The van der Waals surface area contributed by atoms with Crippen LogP contribution in [0.25, 0.3) is 0 Å². The van der Waals surface area contributed by atoms with Crippen LogP contribution in [-0.2, 0) is 0 Å². The van der Waals surface area contributed by atoms with Crippen molar-refractivity contribution in [1.82, 2.24) is 4.90 Å². The standard InChI is InChI=1S/C21H27N/c1-2-3-15-22-16-14-20(18-10-6-4-7-11-18)21(17-22)19-12-8-5-9-13-19/h4-13,20-21H,2-3,14-17H2,1H3. The van der Waals surface area contributed by atoms with Gasteiger partial charge in [0.2, 0.25) is 0 Å². The van der Waals surface area contributed by atoms with Crippen molar-refractivity contribution in [2.24, 2.45) is 0 Å². The van der Waals surface area contributed by atoms with Gasteiger partial charge in [0.25, 0.3) is 0 Å². The Morgan fingerprint density at radius 2 is 1.45 bits per heavy atom. The quantitative estimate of drug-likeness (QED) is 0.745. The van der Waals surface area contributed by atoms with E-state index >= 15 is 0 Å². The van der Waals surface area contributed by atoms with Gasteiger partial charge in [-0.2, -0.15) is 0 Å². The molecule has 1 aliphatic rings. The fourth-order valence-electron chi connectivity index (χ4n) is 3.74. The predicted octanol–water partition coefficient (Wildman–Crippen LogP) is 5.06. The first kappa shape index (κ1) is 15.3. The first-order valence-electron chi connectivity index (χ1n) is 8.70. The first-order chi connectivity index (χ1) is 10.9. The SMILES string of the molecule is CCCCN1CCC(c2ccccc2)C(c2ccccc2)C1. The molecule has 0 saturated carbocycles. The summed E-state index contributed by atoms with van der Waals surface area (Å²) in [6.45, 7) is 5.97. The summed E-state index contributed by atoms with van der Waals surface area (Å²) in [4.78, 5) is 2.67. The van der Waals surface area contributed by atoms with Gasteiger partial charge in [-0.15, -0.1) is 0 Å². The molecule has 3 rings (SSSR count). The van der Waals surface area contributed by atoms with Crippen molar-refractivity contribution < 1.29 is 0 Å². The second-order valence-corrected chi connectivity index (χ2v) is 6.48. The van der Waals surface area contributed by atoms with E-state index in [2.05, 4.69) is 72.5 Å². The Balaban J connectivity index is 1.83. The van der Waals surface area contributed by atoms with Gasteiger partial charge in [0.15, 0.2) is 0 Å². The van der Waals surface area contributed by atoms with Gasteiger partial charge >= 0.3 is 0 Å². The summed E-state index contributed by atoms with van der Waals surface area (Å²) in [6, 6.07) is 22.2. The van der Waals surface area contributed by atoms with Gasteiger partial charge in [-0.1, -0.05) is 74.0 Å². The van der Waals surface area contributed by atoms with Gasteiger partial charge in [-0.05, 0) is 43.0 Å². The van der Waals surface area contributed by atoms with Crippen molar-refractivity contribution in [3.05, 3.63) is 71.8 Å². The van der Waals surface area contributed by atoms with Crippen molar-refractivity contribution in [1.29, 1.82) is 0 Å². The molecule has 2 atom stereocenters. The lowest BCUT2D eigenvalue weighted by Crippen LogP contribution is -2.38. The van der Waals surface area contributed by atoms with E-state index in [1.165, 1.54) is 50.0 Å². The van der Waals surface area contributed by atoms with Crippen molar-refractivity contribution in [3.63, 3.8) is 0 Å². The fraction of sp³-hybridized carbons (Fsp3) is 0.429. The Labute approximate surface area is 135 Å². The number of hydrogen-bond acceptors (Lipinski definition) is 1. The minimum absolute atomic E-state index is 0.620. The summed E-state index contributed by atoms with van der Waals surface area (Å²) in [6.07, 6.45) is 3.87. The number of unbranched alkanes of at least 4 members (excludes halogenated alkanes) is 1. The highest BCUT2D eigenvalue weighted by Gasteiger charge is 2.30. The summed E-state index contributed by atoms with van der Waals surface area (Å²) in [5.41, 5.74) is 3.00. The Bertz CT molecular complexity index is 549. The Morgan fingerprint density at radius 1 is 0.864 bits per heavy atom. The molecule has 1 fully saturated rings. The van der Waals surface area contributed by atoms with Crippen LogP contribution >= 0.6 is 0 Å². The maximum atomic E-state index is 2.67. The van der Waals surface area contributed by atoms with Crippen molar-refractivity contribution in [3.8, 4) is 0 Å². The number of rotatable bonds is 5. The molecule has 2 unspecified atom stereocenters. The molecule has 1 aliphatic heterocycles. The minimum atomic E-state index is 0.620. The van der Waals surface area contributed by atoms with E-state index in [0.717, 1.165) is 0 Å². The van der Waals surface area contributed by atoms with Crippen LogP contribution in [0, 0.1) is 0 Å². The largest absolute Gasteiger partial charge is 0.303 e. The predicted molar refractivity (Wildman–Crippen MR) is 94.3 cm³/mol. The number of nitrogens with zero attached hydrogens (tertiary/aromatic N) is 1. The summed E-state index contributed by atoms with van der Waals surface area (Å²) in [5.74, 6) is 1.27. The summed E-state index contributed by atoms with van der Waals surface area (Å²) in [5, 5.41) is 0. The van der Waals surface area contributed by atoms with Gasteiger partial charge in [-0.25, -0.2) is 0 Å². The zero-order valence-electron chi connectivity index (χ0n) is 13.6. The third-order valence-electron chi connectivity index (χ3n) is 4.98. The highest BCUT2D eigenvalue weighted by molar-refractivity contribution is 5.30. The summed E-state index contributed by atoms with van der Waals surface area (Å²) < 4.78 is 0. The highest BCUT2D eigenvalue weighted by atomic mass is 15.1. The maximum absolute atomic E-state index is 2.67. The molecule has 0 aliphatic carbocycles. The van der Waals surface area contributed by atoms with E-state index in [1.54, 1.807) is 0 Å². The summed E-state index contributed by atoms with van der Waals surface area (Å²) in [7, 11) is 0. The van der Waals surface area contributed by atoms with E-state index in [1.807, 2.05) is 0 Å². The molecular formula is C21H27N. The van der Waals surface area contributed by atoms with Gasteiger partial charge in [-0.3, -0.25) is 0 Å². The maximum Gasteiger partial charge on any atom is 0.00562 e. The average molecular weight is 293 g/mol. The van der Waals surface area contributed by atoms with Gasteiger partial charge in [0.1, 0.15) is 0 Å². The van der Waals surface area contributed by atoms with E-state index in [0.29, 0.717) is 11.8 Å². The fourth-order valence-corrected chi connectivity index (χ4v) is 3.74. The number of piperidine rings is 1.